The van der Waals surface area contributed by atoms with E-state index >= 15 is 0 Å². The lowest BCUT2D eigenvalue weighted by atomic mass is 9.39. The fraction of sp³-hybridized carbons (Fsp3) is 1.00. The van der Waals surface area contributed by atoms with Crippen molar-refractivity contribution in [1.82, 2.24) is 0 Å². The molecule has 0 heteroatoms. The molecule has 0 amide bonds. The zero-order chi connectivity index (χ0) is 16.9. The van der Waals surface area contributed by atoms with Crippen molar-refractivity contribution in [3.8, 4) is 0 Å². The number of rotatable bonds is 2. The molecule has 0 aromatic carbocycles. The van der Waals surface area contributed by atoms with Crippen LogP contribution < -0.4 is 0 Å². The van der Waals surface area contributed by atoms with Gasteiger partial charge in [-0.1, -0.05) is 12.8 Å². The van der Waals surface area contributed by atoms with E-state index in [1.807, 2.05) is 0 Å². The molecule has 0 N–H and O–H groups in total. The second kappa shape index (κ2) is 5.33. The van der Waals surface area contributed by atoms with Crippen LogP contribution in [0.4, 0.5) is 0 Å². The predicted octanol–water partition coefficient (Wildman–Crippen LogP) is 7.23. The molecule has 0 radical (unpaired) electrons. The van der Waals surface area contributed by atoms with E-state index in [4.69, 9.17) is 0 Å². The molecule has 26 heavy (non-hydrogen) atoms. The fourth-order valence-electron chi connectivity index (χ4n) is 11.9. The van der Waals surface area contributed by atoms with Crippen LogP contribution in [0.15, 0.2) is 0 Å². The van der Waals surface area contributed by atoms with Crippen LogP contribution in [0.25, 0.3) is 0 Å². The van der Waals surface area contributed by atoms with Crippen LogP contribution in [0.5, 0.6) is 0 Å². The van der Waals surface area contributed by atoms with Crippen molar-refractivity contribution in [2.45, 2.75) is 103 Å². The Balaban J connectivity index is 1.25. The highest BCUT2D eigenvalue weighted by Crippen LogP contribution is 2.71. The molecule has 9 aliphatic rings. The molecular formula is C26H40. The third-order valence-electron chi connectivity index (χ3n) is 11.5. The summed E-state index contributed by atoms with van der Waals surface area (Å²) in [5.41, 5.74) is 1.67. The van der Waals surface area contributed by atoms with Gasteiger partial charge >= 0.3 is 0 Å². The maximum absolute atomic E-state index is 1.67. The van der Waals surface area contributed by atoms with E-state index in [1.165, 1.54) is 0 Å². The first-order valence-electron chi connectivity index (χ1n) is 12.7. The molecule has 9 saturated carbocycles. The SMILES string of the molecule is C1CCC(C23CC4CC(CC(C4)C2)C3)C(C23CC4CC(CC(C4)C2)C3)C1. The van der Waals surface area contributed by atoms with Crippen molar-refractivity contribution in [3.05, 3.63) is 0 Å². The minimum atomic E-state index is 0.836. The molecule has 2 atom stereocenters. The summed E-state index contributed by atoms with van der Waals surface area (Å²) < 4.78 is 0. The third kappa shape index (κ3) is 2.14. The predicted molar refractivity (Wildman–Crippen MR) is 107 cm³/mol. The Labute approximate surface area is 161 Å². The lowest BCUT2D eigenvalue weighted by Crippen LogP contribution is -2.57. The summed E-state index contributed by atoms with van der Waals surface area (Å²) in [6, 6.07) is 0. The Hall–Kier alpha value is 0. The molecule has 9 aliphatic carbocycles. The van der Waals surface area contributed by atoms with Gasteiger partial charge < -0.3 is 0 Å². The molecule has 144 valence electrons. The maximum Gasteiger partial charge on any atom is -0.0258 e. The summed E-state index contributed by atoms with van der Waals surface area (Å²) in [6.07, 6.45) is 26.3. The molecule has 0 spiro atoms. The molecule has 8 bridgehead atoms. The highest BCUT2D eigenvalue weighted by molar-refractivity contribution is 5.11. The van der Waals surface area contributed by atoms with Crippen LogP contribution in [-0.4, -0.2) is 0 Å². The lowest BCUT2D eigenvalue weighted by molar-refractivity contribution is -0.165. The smallest absolute Gasteiger partial charge is 0.0258 e. The van der Waals surface area contributed by atoms with Gasteiger partial charge in [0, 0.05) is 0 Å². The van der Waals surface area contributed by atoms with Crippen LogP contribution in [0.2, 0.25) is 0 Å². The van der Waals surface area contributed by atoms with Gasteiger partial charge in [-0.25, -0.2) is 0 Å². The van der Waals surface area contributed by atoms with E-state index in [-0.39, 0.29) is 0 Å². The Morgan fingerprint density at radius 2 is 0.654 bits per heavy atom. The van der Waals surface area contributed by atoms with E-state index < -0.39 is 0 Å². The second-order valence-electron chi connectivity index (χ2n) is 13.1. The normalized spacial score (nSPS) is 62.8. The monoisotopic (exact) mass is 352 g/mol. The summed E-state index contributed by atoms with van der Waals surface area (Å²) in [4.78, 5) is 0. The largest absolute Gasteiger partial charge is 0.0530 e. The first kappa shape index (κ1) is 15.9. The first-order chi connectivity index (χ1) is 12.7. The molecule has 0 saturated heterocycles. The molecule has 0 aromatic heterocycles. The van der Waals surface area contributed by atoms with Gasteiger partial charge in [0.25, 0.3) is 0 Å². The highest BCUT2D eigenvalue weighted by Gasteiger charge is 2.61. The zero-order valence-corrected chi connectivity index (χ0v) is 16.9. The average Bonchev–Trinajstić information content (AvgIpc) is 2.59. The molecule has 0 nitrogen and oxygen atoms in total. The Kier molecular flexibility index (Phi) is 3.25. The topological polar surface area (TPSA) is 0 Å². The zero-order valence-electron chi connectivity index (χ0n) is 16.9. The third-order valence-corrected chi connectivity index (χ3v) is 11.5. The molecule has 9 fully saturated rings. The van der Waals surface area contributed by atoms with Crippen molar-refractivity contribution < 1.29 is 0 Å². The molecule has 0 heterocycles. The van der Waals surface area contributed by atoms with E-state index in [0.29, 0.717) is 0 Å². The van der Waals surface area contributed by atoms with E-state index in [1.54, 1.807) is 103 Å². The van der Waals surface area contributed by atoms with Gasteiger partial charge in [0.05, 0.1) is 0 Å². The van der Waals surface area contributed by atoms with Gasteiger partial charge in [0.15, 0.2) is 0 Å². The Bertz CT molecular complexity index is 462. The summed E-state index contributed by atoms with van der Waals surface area (Å²) in [5.74, 6) is 9.22. The second-order valence-corrected chi connectivity index (χ2v) is 13.1. The first-order valence-corrected chi connectivity index (χ1v) is 12.7. The number of hydrogen-bond acceptors (Lipinski definition) is 0. The lowest BCUT2D eigenvalue weighted by Gasteiger charge is -2.66. The van der Waals surface area contributed by atoms with Gasteiger partial charge in [-0.2, -0.15) is 0 Å². The Morgan fingerprint density at radius 3 is 0.923 bits per heavy atom. The van der Waals surface area contributed by atoms with Crippen LogP contribution in [0, 0.1) is 58.2 Å². The van der Waals surface area contributed by atoms with Crippen molar-refractivity contribution in [2.24, 2.45) is 58.2 Å². The highest BCUT2D eigenvalue weighted by atomic mass is 14.7. The number of hydrogen-bond donors (Lipinski definition) is 0. The fourth-order valence-corrected chi connectivity index (χ4v) is 11.9. The van der Waals surface area contributed by atoms with Crippen LogP contribution in [-0.2, 0) is 0 Å². The molecule has 0 aliphatic heterocycles. The summed E-state index contributed by atoms with van der Waals surface area (Å²) in [5, 5.41) is 0. The summed E-state index contributed by atoms with van der Waals surface area (Å²) in [7, 11) is 0. The van der Waals surface area contributed by atoms with Crippen molar-refractivity contribution in [1.29, 1.82) is 0 Å². The van der Waals surface area contributed by atoms with Gasteiger partial charge in [-0.15, -0.1) is 0 Å². The van der Waals surface area contributed by atoms with Gasteiger partial charge in [0.2, 0.25) is 0 Å². The maximum atomic E-state index is 1.67. The average molecular weight is 353 g/mol. The van der Waals surface area contributed by atoms with Crippen LogP contribution in [0.3, 0.4) is 0 Å². The van der Waals surface area contributed by atoms with Crippen molar-refractivity contribution in [2.75, 3.05) is 0 Å². The van der Waals surface area contributed by atoms with Gasteiger partial charge in [-0.3, -0.25) is 0 Å². The van der Waals surface area contributed by atoms with Crippen LogP contribution in [0.1, 0.15) is 103 Å². The quantitative estimate of drug-likeness (QED) is 0.492. The van der Waals surface area contributed by atoms with E-state index in [2.05, 4.69) is 0 Å². The minimum absolute atomic E-state index is 0.836. The minimum Gasteiger partial charge on any atom is -0.0530 e. The van der Waals surface area contributed by atoms with Crippen molar-refractivity contribution in [3.63, 3.8) is 0 Å². The molecule has 9 rings (SSSR count). The molecule has 0 aromatic rings. The standard InChI is InChI=1S/C26H40/c1-2-4-24(26-14-20-8-21(15-26)10-22(9-20)16-26)23(3-1)25-11-17-5-18(12-25)7-19(6-17)13-25/h17-24H,1-16H2. The van der Waals surface area contributed by atoms with Crippen molar-refractivity contribution >= 4 is 0 Å². The van der Waals surface area contributed by atoms with E-state index in [9.17, 15) is 0 Å². The van der Waals surface area contributed by atoms with E-state index in [0.717, 1.165) is 58.2 Å². The molecule has 2 unspecified atom stereocenters. The molecular weight excluding hydrogens is 312 g/mol. The van der Waals surface area contributed by atoms with Gasteiger partial charge in [0.1, 0.15) is 0 Å². The van der Waals surface area contributed by atoms with Crippen LogP contribution >= 0.6 is 0 Å². The Morgan fingerprint density at radius 1 is 0.385 bits per heavy atom. The summed E-state index contributed by atoms with van der Waals surface area (Å²) >= 11 is 0. The van der Waals surface area contributed by atoms with Gasteiger partial charge in [-0.05, 0) is 148 Å². The summed E-state index contributed by atoms with van der Waals surface area (Å²) in [6.45, 7) is 0.